The van der Waals surface area contributed by atoms with E-state index in [2.05, 4.69) is 26.2 Å². The first-order valence-corrected chi connectivity index (χ1v) is 9.04. The summed E-state index contributed by atoms with van der Waals surface area (Å²) >= 11 is 4.81. The Morgan fingerprint density at radius 3 is 2.56 bits per heavy atom. The Kier molecular flexibility index (Phi) is 5.45. The van der Waals surface area contributed by atoms with Gasteiger partial charge in [-0.25, -0.2) is 9.37 Å². The molecule has 0 aliphatic rings. The highest BCUT2D eigenvalue weighted by Gasteiger charge is 2.12. The zero-order valence-corrected chi connectivity index (χ0v) is 15.7. The Morgan fingerprint density at radius 1 is 1.20 bits per heavy atom. The molecule has 1 amide bonds. The number of nitrogens with zero attached hydrogens (tertiary/aromatic N) is 1. The van der Waals surface area contributed by atoms with Crippen molar-refractivity contribution < 1.29 is 13.9 Å². The molecule has 1 heterocycles. The van der Waals surface area contributed by atoms with Crippen LogP contribution in [0.4, 0.5) is 9.52 Å². The van der Waals surface area contributed by atoms with E-state index in [4.69, 9.17) is 4.74 Å². The van der Waals surface area contributed by atoms with Gasteiger partial charge in [-0.05, 0) is 43.3 Å². The van der Waals surface area contributed by atoms with Gasteiger partial charge < -0.3 is 4.74 Å². The fourth-order valence-corrected chi connectivity index (χ4v) is 3.28. The Morgan fingerprint density at radius 2 is 1.88 bits per heavy atom. The number of rotatable bonds is 5. The second-order valence-corrected chi connectivity index (χ2v) is 7.34. The molecule has 0 spiro atoms. The maximum absolute atomic E-state index is 12.8. The van der Waals surface area contributed by atoms with Gasteiger partial charge in [0.05, 0.1) is 5.69 Å². The van der Waals surface area contributed by atoms with Crippen molar-refractivity contribution in [2.24, 2.45) is 0 Å². The topological polar surface area (TPSA) is 51.2 Å². The van der Waals surface area contributed by atoms with Gasteiger partial charge in [-0.3, -0.25) is 10.1 Å². The lowest BCUT2D eigenvalue weighted by molar-refractivity contribution is -0.118. The fourth-order valence-electron chi connectivity index (χ4n) is 2.16. The van der Waals surface area contributed by atoms with Gasteiger partial charge in [-0.2, -0.15) is 0 Å². The Bertz CT molecular complexity index is 879. The highest BCUT2D eigenvalue weighted by molar-refractivity contribution is 9.10. The van der Waals surface area contributed by atoms with Gasteiger partial charge in [-0.1, -0.05) is 28.1 Å². The summed E-state index contributed by atoms with van der Waals surface area (Å²) in [6.07, 6.45) is 0. The third-order valence-corrected chi connectivity index (χ3v) is 4.76. The van der Waals surface area contributed by atoms with Crippen molar-refractivity contribution in [2.45, 2.75) is 6.92 Å². The van der Waals surface area contributed by atoms with E-state index in [-0.39, 0.29) is 18.3 Å². The number of benzene rings is 2. The molecule has 0 unspecified atom stereocenters. The van der Waals surface area contributed by atoms with E-state index in [1.165, 1.54) is 35.6 Å². The third kappa shape index (κ3) is 4.64. The van der Waals surface area contributed by atoms with E-state index in [0.29, 0.717) is 10.9 Å². The molecule has 0 radical (unpaired) electrons. The molecule has 128 valence electrons. The molecule has 7 heteroatoms. The van der Waals surface area contributed by atoms with Crippen LogP contribution in [0.1, 0.15) is 4.88 Å². The van der Waals surface area contributed by atoms with Gasteiger partial charge in [0.2, 0.25) is 0 Å². The van der Waals surface area contributed by atoms with Crippen molar-refractivity contribution in [3.05, 3.63) is 63.7 Å². The number of carbonyl (C=O) groups is 1. The molecule has 0 aliphatic carbocycles. The van der Waals surface area contributed by atoms with E-state index in [1.807, 2.05) is 31.2 Å². The monoisotopic (exact) mass is 420 g/mol. The van der Waals surface area contributed by atoms with Gasteiger partial charge in [0.15, 0.2) is 11.7 Å². The number of hydrogen-bond acceptors (Lipinski definition) is 4. The third-order valence-electron chi connectivity index (χ3n) is 3.34. The van der Waals surface area contributed by atoms with Crippen molar-refractivity contribution in [2.75, 3.05) is 11.9 Å². The molecule has 0 saturated carbocycles. The highest BCUT2D eigenvalue weighted by Crippen LogP contribution is 2.31. The second kappa shape index (κ2) is 7.76. The van der Waals surface area contributed by atoms with Crippen LogP contribution in [0.5, 0.6) is 5.75 Å². The molecule has 3 rings (SSSR count). The van der Waals surface area contributed by atoms with Crippen molar-refractivity contribution in [3.63, 3.8) is 0 Å². The standard InChI is InChI=1S/C18H14BrFN2O2S/c1-11-17(12-2-4-13(19)5-3-12)22-18(25-11)21-16(23)10-24-15-8-6-14(20)7-9-15/h2-9H,10H2,1H3,(H,21,22,23). The highest BCUT2D eigenvalue weighted by atomic mass is 79.9. The van der Waals surface area contributed by atoms with Crippen molar-refractivity contribution in [1.29, 1.82) is 0 Å². The molecule has 1 N–H and O–H groups in total. The number of thiazole rings is 1. The Balaban J connectivity index is 1.62. The van der Waals surface area contributed by atoms with Crippen LogP contribution in [0.25, 0.3) is 11.3 Å². The molecule has 2 aromatic carbocycles. The average Bonchev–Trinajstić information content (AvgIpc) is 2.95. The minimum atomic E-state index is -0.351. The van der Waals surface area contributed by atoms with Crippen LogP contribution in [0.15, 0.2) is 53.0 Å². The first-order chi connectivity index (χ1) is 12.0. The van der Waals surface area contributed by atoms with E-state index < -0.39 is 0 Å². The molecule has 0 aliphatic heterocycles. The molecule has 0 atom stereocenters. The SMILES string of the molecule is Cc1sc(NC(=O)COc2ccc(F)cc2)nc1-c1ccc(Br)cc1. The summed E-state index contributed by atoms with van der Waals surface area (Å²) in [5, 5.41) is 3.24. The van der Waals surface area contributed by atoms with Crippen LogP contribution >= 0.6 is 27.3 Å². The molecule has 0 saturated heterocycles. The molecule has 0 fully saturated rings. The maximum Gasteiger partial charge on any atom is 0.264 e. The summed E-state index contributed by atoms with van der Waals surface area (Å²) < 4.78 is 19.1. The number of halogens is 2. The number of nitrogens with one attached hydrogen (secondary N) is 1. The zero-order valence-electron chi connectivity index (χ0n) is 13.3. The van der Waals surface area contributed by atoms with Crippen LogP contribution in [0.3, 0.4) is 0 Å². The molecular formula is C18H14BrFN2O2S. The number of aromatic nitrogens is 1. The summed E-state index contributed by atoms with van der Waals surface area (Å²) in [6, 6.07) is 13.3. The summed E-state index contributed by atoms with van der Waals surface area (Å²) in [7, 11) is 0. The molecule has 25 heavy (non-hydrogen) atoms. The van der Waals surface area contributed by atoms with E-state index >= 15 is 0 Å². The lowest BCUT2D eigenvalue weighted by Gasteiger charge is -2.05. The van der Waals surface area contributed by atoms with Gasteiger partial charge >= 0.3 is 0 Å². The first-order valence-electron chi connectivity index (χ1n) is 7.43. The van der Waals surface area contributed by atoms with Gasteiger partial charge in [-0.15, -0.1) is 11.3 Å². The normalized spacial score (nSPS) is 10.5. The van der Waals surface area contributed by atoms with Crippen LogP contribution < -0.4 is 10.1 Å². The Hall–Kier alpha value is -2.25. The van der Waals surface area contributed by atoms with Crippen molar-refractivity contribution >= 4 is 38.3 Å². The second-order valence-electron chi connectivity index (χ2n) is 5.22. The molecule has 3 aromatic rings. The number of amides is 1. The quantitative estimate of drug-likeness (QED) is 0.628. The lowest BCUT2D eigenvalue weighted by Crippen LogP contribution is -2.20. The predicted molar refractivity (Wildman–Crippen MR) is 101 cm³/mol. The molecular weight excluding hydrogens is 407 g/mol. The summed E-state index contributed by atoms with van der Waals surface area (Å²) in [6.45, 7) is 1.79. The molecule has 1 aromatic heterocycles. The van der Waals surface area contributed by atoms with Gasteiger partial charge in [0, 0.05) is 14.9 Å². The minimum Gasteiger partial charge on any atom is -0.484 e. The van der Waals surface area contributed by atoms with Crippen molar-refractivity contribution in [1.82, 2.24) is 4.98 Å². The number of ether oxygens (including phenoxy) is 1. The average molecular weight is 421 g/mol. The first kappa shape index (κ1) is 17.6. The molecule has 4 nitrogen and oxygen atoms in total. The van der Waals surface area contributed by atoms with Crippen LogP contribution in [-0.4, -0.2) is 17.5 Å². The zero-order chi connectivity index (χ0) is 17.8. The van der Waals surface area contributed by atoms with Gasteiger partial charge in [0.1, 0.15) is 11.6 Å². The molecule has 0 bridgehead atoms. The van der Waals surface area contributed by atoms with E-state index in [1.54, 1.807) is 0 Å². The number of anilines is 1. The van der Waals surface area contributed by atoms with Crippen LogP contribution in [0, 0.1) is 12.7 Å². The van der Waals surface area contributed by atoms with Crippen LogP contribution in [0.2, 0.25) is 0 Å². The summed E-state index contributed by atoms with van der Waals surface area (Å²) in [4.78, 5) is 17.5. The largest absolute Gasteiger partial charge is 0.484 e. The summed E-state index contributed by atoms with van der Waals surface area (Å²) in [5.74, 6) is -0.238. The lowest BCUT2D eigenvalue weighted by atomic mass is 10.1. The number of hydrogen-bond donors (Lipinski definition) is 1. The van der Waals surface area contributed by atoms with Crippen LogP contribution in [-0.2, 0) is 4.79 Å². The van der Waals surface area contributed by atoms with E-state index in [0.717, 1.165) is 20.6 Å². The summed E-state index contributed by atoms with van der Waals surface area (Å²) in [5.41, 5.74) is 1.83. The Labute approximate surface area is 156 Å². The minimum absolute atomic E-state index is 0.169. The smallest absolute Gasteiger partial charge is 0.264 e. The van der Waals surface area contributed by atoms with Crippen molar-refractivity contribution in [3.8, 4) is 17.0 Å². The number of carbonyl (C=O) groups excluding carboxylic acids is 1. The maximum atomic E-state index is 12.8. The predicted octanol–water partition coefficient (Wildman–Crippen LogP) is 5.04. The number of aryl methyl sites for hydroxylation is 1. The van der Waals surface area contributed by atoms with E-state index in [9.17, 15) is 9.18 Å². The fraction of sp³-hybridized carbons (Fsp3) is 0.111. The van der Waals surface area contributed by atoms with Gasteiger partial charge in [0.25, 0.3) is 5.91 Å².